The molecule has 0 unspecified atom stereocenters. The number of rotatable bonds is 6. The molecular formula is C21H28N4. The fraction of sp³-hybridized carbons (Fsp3) is 0.714. The van der Waals surface area contributed by atoms with Crippen molar-refractivity contribution < 1.29 is 0 Å². The fourth-order valence-electron chi connectivity index (χ4n) is 5.01. The number of anilines is 1. The Morgan fingerprint density at radius 3 is 2.32 bits per heavy atom. The minimum absolute atomic E-state index is 0.618. The van der Waals surface area contributed by atoms with E-state index in [0.29, 0.717) is 17.9 Å². The lowest BCUT2D eigenvalue weighted by atomic mass is 9.93. The van der Waals surface area contributed by atoms with Gasteiger partial charge in [-0.1, -0.05) is 12.8 Å². The van der Waals surface area contributed by atoms with Gasteiger partial charge in [-0.25, -0.2) is 4.98 Å². The summed E-state index contributed by atoms with van der Waals surface area (Å²) in [6.07, 6.45) is 15.7. The topological polar surface area (TPSA) is 42.2 Å². The molecule has 1 N–H and O–H groups in total. The number of nitrogens with zero attached hydrogens (tertiary/aromatic N) is 3. The lowest BCUT2D eigenvalue weighted by Gasteiger charge is -2.20. The Kier molecular flexibility index (Phi) is 3.18. The maximum Gasteiger partial charge on any atom is 0.161 e. The maximum atomic E-state index is 5.21. The molecule has 2 aromatic heterocycles. The normalized spacial score (nSPS) is 24.5. The van der Waals surface area contributed by atoms with Crippen LogP contribution in [-0.2, 0) is 0 Å². The van der Waals surface area contributed by atoms with Gasteiger partial charge in [0.15, 0.2) is 5.65 Å². The van der Waals surface area contributed by atoms with Crippen molar-refractivity contribution in [2.24, 2.45) is 11.8 Å². The first kappa shape index (κ1) is 14.6. The molecule has 4 saturated carbocycles. The first-order valence-corrected chi connectivity index (χ1v) is 10.5. The average Bonchev–Trinajstić information content (AvgIpc) is 3.52. The Morgan fingerprint density at radius 1 is 0.960 bits per heavy atom. The lowest BCUT2D eigenvalue weighted by molar-refractivity contribution is 0.524. The van der Waals surface area contributed by atoms with Crippen LogP contribution >= 0.6 is 0 Å². The lowest BCUT2D eigenvalue weighted by Crippen LogP contribution is -2.19. The summed E-state index contributed by atoms with van der Waals surface area (Å²) in [6.45, 7) is 0. The minimum atomic E-state index is 0.618. The third-order valence-electron chi connectivity index (χ3n) is 6.84. The van der Waals surface area contributed by atoms with Crippen molar-refractivity contribution in [3.05, 3.63) is 23.5 Å². The zero-order valence-electron chi connectivity index (χ0n) is 15.0. The Bertz CT molecular complexity index is 780. The fourth-order valence-corrected chi connectivity index (χ4v) is 5.01. The SMILES string of the molecule is c1nn2c(NC3CCCC3)cc(C(C3CC3)C3CC3)nc2c1C1CC1. The van der Waals surface area contributed by atoms with E-state index in [4.69, 9.17) is 10.1 Å². The van der Waals surface area contributed by atoms with Gasteiger partial charge in [-0.2, -0.15) is 9.61 Å². The summed E-state index contributed by atoms with van der Waals surface area (Å²) < 4.78 is 2.10. The van der Waals surface area contributed by atoms with Gasteiger partial charge in [-0.15, -0.1) is 0 Å². The monoisotopic (exact) mass is 336 g/mol. The molecule has 4 aliphatic rings. The maximum absolute atomic E-state index is 5.21. The van der Waals surface area contributed by atoms with Crippen LogP contribution in [0, 0.1) is 11.8 Å². The van der Waals surface area contributed by atoms with Crippen LogP contribution in [0.25, 0.3) is 5.65 Å². The second-order valence-electron chi connectivity index (χ2n) is 9.00. The van der Waals surface area contributed by atoms with Crippen molar-refractivity contribution >= 4 is 11.5 Å². The second-order valence-corrected chi connectivity index (χ2v) is 9.00. The molecule has 2 heterocycles. The van der Waals surface area contributed by atoms with E-state index in [9.17, 15) is 0 Å². The molecule has 0 bridgehead atoms. The predicted molar refractivity (Wildman–Crippen MR) is 99.0 cm³/mol. The van der Waals surface area contributed by atoms with E-state index in [-0.39, 0.29) is 0 Å². The molecule has 0 aliphatic heterocycles. The Morgan fingerprint density at radius 2 is 1.68 bits per heavy atom. The van der Waals surface area contributed by atoms with Gasteiger partial charge in [-0.3, -0.25) is 0 Å². The number of aromatic nitrogens is 3. The van der Waals surface area contributed by atoms with Gasteiger partial charge in [0, 0.05) is 23.6 Å². The van der Waals surface area contributed by atoms with Crippen LogP contribution in [0.5, 0.6) is 0 Å². The summed E-state index contributed by atoms with van der Waals surface area (Å²) in [4.78, 5) is 5.21. The first-order valence-electron chi connectivity index (χ1n) is 10.5. The van der Waals surface area contributed by atoms with Crippen molar-refractivity contribution in [2.75, 3.05) is 5.32 Å². The van der Waals surface area contributed by atoms with Gasteiger partial charge in [0.2, 0.25) is 0 Å². The van der Waals surface area contributed by atoms with Gasteiger partial charge < -0.3 is 5.32 Å². The van der Waals surface area contributed by atoms with Crippen LogP contribution in [0.4, 0.5) is 5.82 Å². The van der Waals surface area contributed by atoms with Gasteiger partial charge in [0.25, 0.3) is 0 Å². The molecule has 0 atom stereocenters. The smallest absolute Gasteiger partial charge is 0.161 e. The van der Waals surface area contributed by atoms with Gasteiger partial charge in [0.05, 0.1) is 11.9 Å². The molecule has 6 rings (SSSR count). The third-order valence-corrected chi connectivity index (χ3v) is 6.84. The van der Waals surface area contributed by atoms with Crippen molar-refractivity contribution in [1.29, 1.82) is 0 Å². The summed E-state index contributed by atoms with van der Waals surface area (Å²) >= 11 is 0. The van der Waals surface area contributed by atoms with Crippen molar-refractivity contribution in [1.82, 2.24) is 14.6 Å². The van der Waals surface area contributed by atoms with E-state index in [0.717, 1.165) is 17.5 Å². The van der Waals surface area contributed by atoms with E-state index in [2.05, 4.69) is 22.1 Å². The molecule has 0 spiro atoms. The van der Waals surface area contributed by atoms with Crippen LogP contribution in [0.3, 0.4) is 0 Å². The van der Waals surface area contributed by atoms with Crippen LogP contribution in [0.2, 0.25) is 0 Å². The highest BCUT2D eigenvalue weighted by Gasteiger charge is 2.43. The molecule has 0 aromatic carbocycles. The summed E-state index contributed by atoms with van der Waals surface area (Å²) in [6, 6.07) is 2.98. The third kappa shape index (κ3) is 2.65. The molecule has 132 valence electrons. The molecule has 2 aromatic rings. The summed E-state index contributed by atoms with van der Waals surface area (Å²) in [5.74, 6) is 4.41. The molecule has 4 fully saturated rings. The molecular weight excluding hydrogens is 308 g/mol. The highest BCUT2D eigenvalue weighted by molar-refractivity contribution is 5.57. The minimum Gasteiger partial charge on any atom is -0.367 e. The number of hydrogen-bond donors (Lipinski definition) is 1. The first-order chi connectivity index (χ1) is 12.4. The zero-order valence-corrected chi connectivity index (χ0v) is 15.0. The molecule has 25 heavy (non-hydrogen) atoms. The van der Waals surface area contributed by atoms with Crippen molar-refractivity contribution in [3.8, 4) is 0 Å². The second kappa shape index (κ2) is 5.46. The van der Waals surface area contributed by atoms with Crippen LogP contribution in [-0.4, -0.2) is 20.6 Å². The molecule has 4 aliphatic carbocycles. The van der Waals surface area contributed by atoms with E-state index in [1.807, 2.05) is 0 Å². The highest BCUT2D eigenvalue weighted by atomic mass is 15.3. The Labute approximate surface area is 149 Å². The highest BCUT2D eigenvalue weighted by Crippen LogP contribution is 2.54. The van der Waals surface area contributed by atoms with Crippen molar-refractivity contribution in [3.63, 3.8) is 0 Å². The quantitative estimate of drug-likeness (QED) is 0.819. The molecule has 4 heteroatoms. The van der Waals surface area contributed by atoms with Gasteiger partial charge in [0.1, 0.15) is 5.82 Å². The molecule has 0 amide bonds. The van der Waals surface area contributed by atoms with Crippen LogP contribution in [0.1, 0.15) is 87.3 Å². The summed E-state index contributed by atoms with van der Waals surface area (Å²) in [7, 11) is 0. The van der Waals surface area contributed by atoms with E-state index < -0.39 is 0 Å². The molecule has 4 nitrogen and oxygen atoms in total. The predicted octanol–water partition coefficient (Wildman–Crippen LogP) is 4.86. The van der Waals surface area contributed by atoms with Crippen molar-refractivity contribution in [2.45, 2.75) is 82.1 Å². The number of hydrogen-bond acceptors (Lipinski definition) is 3. The van der Waals surface area contributed by atoms with Gasteiger partial charge >= 0.3 is 0 Å². The summed E-state index contributed by atoms with van der Waals surface area (Å²) in [5, 5.41) is 8.57. The van der Waals surface area contributed by atoms with Crippen LogP contribution in [0.15, 0.2) is 12.3 Å². The average molecular weight is 336 g/mol. The molecule has 0 radical (unpaired) electrons. The standard InChI is InChI=1S/C21H28N4/c1-2-4-16(3-1)23-19-11-18(20(14-7-8-14)15-9-10-15)24-21-17(13-5-6-13)12-22-25(19)21/h11-16,20,23H,1-10H2. The van der Waals surface area contributed by atoms with E-state index in [1.54, 1.807) is 0 Å². The largest absolute Gasteiger partial charge is 0.367 e. The van der Waals surface area contributed by atoms with E-state index in [1.165, 1.54) is 81.3 Å². The van der Waals surface area contributed by atoms with Crippen LogP contribution < -0.4 is 5.32 Å². The van der Waals surface area contributed by atoms with Gasteiger partial charge in [-0.05, 0) is 69.1 Å². The Balaban J connectivity index is 1.45. The zero-order chi connectivity index (χ0) is 16.4. The number of nitrogens with one attached hydrogen (secondary N) is 1. The Hall–Kier alpha value is -1.58. The van der Waals surface area contributed by atoms with E-state index >= 15 is 0 Å². The number of fused-ring (bicyclic) bond motifs is 1. The molecule has 0 saturated heterocycles. The summed E-state index contributed by atoms with van der Waals surface area (Å²) in [5.41, 5.74) is 3.90.